The minimum absolute atomic E-state index is 0.0654. The molecule has 0 spiro atoms. The molecule has 6 heteroatoms. The Bertz CT molecular complexity index is 425. The fourth-order valence-electron chi connectivity index (χ4n) is 1.03. The molecule has 2 N–H and O–H groups in total. The van der Waals surface area contributed by atoms with Gasteiger partial charge in [0.05, 0.1) is 10.5 Å². The van der Waals surface area contributed by atoms with E-state index in [2.05, 4.69) is 0 Å². The van der Waals surface area contributed by atoms with Crippen LogP contribution in [0, 0.1) is 21.4 Å². The second kappa shape index (κ2) is 3.98. The van der Waals surface area contributed by atoms with Crippen LogP contribution in [0.15, 0.2) is 17.0 Å². The summed E-state index contributed by atoms with van der Waals surface area (Å²) in [6.07, 6.45) is 1.78. The van der Waals surface area contributed by atoms with Crippen LogP contribution in [0.4, 0.5) is 11.4 Å². The lowest BCUT2D eigenvalue weighted by Gasteiger charge is -2.03. The Morgan fingerprint density at radius 3 is 2.71 bits per heavy atom. The van der Waals surface area contributed by atoms with Gasteiger partial charge in [0, 0.05) is 11.0 Å². The van der Waals surface area contributed by atoms with E-state index in [0.717, 1.165) is 0 Å². The van der Waals surface area contributed by atoms with Crippen molar-refractivity contribution in [2.24, 2.45) is 0 Å². The van der Waals surface area contributed by atoms with E-state index in [9.17, 15) is 10.1 Å². The molecule has 72 valence electrons. The summed E-state index contributed by atoms with van der Waals surface area (Å²) in [7, 11) is 0. The van der Waals surface area contributed by atoms with Crippen LogP contribution in [0.5, 0.6) is 0 Å². The number of nitro groups is 1. The molecule has 0 amide bonds. The fraction of sp³-hybridized carbons (Fsp3) is 0.125. The van der Waals surface area contributed by atoms with Gasteiger partial charge in [-0.2, -0.15) is 5.26 Å². The Labute approximate surface area is 84.7 Å². The summed E-state index contributed by atoms with van der Waals surface area (Å²) in [6, 6.07) is 4.69. The van der Waals surface area contributed by atoms with Crippen molar-refractivity contribution in [3.63, 3.8) is 0 Å². The topological polar surface area (TPSA) is 92.9 Å². The molecule has 0 atom stereocenters. The molecule has 14 heavy (non-hydrogen) atoms. The van der Waals surface area contributed by atoms with E-state index in [1.807, 2.05) is 6.07 Å². The van der Waals surface area contributed by atoms with Gasteiger partial charge in [-0.25, -0.2) is 0 Å². The summed E-state index contributed by atoms with van der Waals surface area (Å²) in [6.45, 7) is 0. The maximum absolute atomic E-state index is 10.5. The zero-order valence-corrected chi connectivity index (χ0v) is 8.17. The molecule has 0 aliphatic carbocycles. The van der Waals surface area contributed by atoms with E-state index in [1.165, 1.54) is 23.9 Å². The quantitative estimate of drug-likeness (QED) is 0.347. The zero-order valence-electron chi connectivity index (χ0n) is 7.35. The van der Waals surface area contributed by atoms with Crippen LogP contribution in [0.3, 0.4) is 0 Å². The molecular weight excluding hydrogens is 202 g/mol. The molecule has 1 aromatic rings. The first-order valence-electron chi connectivity index (χ1n) is 3.62. The van der Waals surface area contributed by atoms with Gasteiger partial charge < -0.3 is 5.73 Å². The van der Waals surface area contributed by atoms with Crippen molar-refractivity contribution in [3.05, 3.63) is 27.8 Å². The summed E-state index contributed by atoms with van der Waals surface area (Å²) < 4.78 is 0. The average Bonchev–Trinajstić information content (AvgIpc) is 2.16. The van der Waals surface area contributed by atoms with Crippen molar-refractivity contribution in [1.82, 2.24) is 0 Å². The smallest absolute Gasteiger partial charge is 0.293 e. The molecule has 0 fully saturated rings. The first-order valence-corrected chi connectivity index (χ1v) is 4.85. The molecule has 0 unspecified atom stereocenters. The number of hydrogen-bond acceptors (Lipinski definition) is 5. The van der Waals surface area contributed by atoms with E-state index in [-0.39, 0.29) is 16.9 Å². The van der Waals surface area contributed by atoms with Gasteiger partial charge in [0.15, 0.2) is 0 Å². The minimum Gasteiger partial charge on any atom is -0.392 e. The second-order valence-electron chi connectivity index (χ2n) is 2.44. The fourth-order valence-corrected chi connectivity index (χ4v) is 1.60. The Morgan fingerprint density at radius 1 is 1.64 bits per heavy atom. The lowest BCUT2D eigenvalue weighted by Crippen LogP contribution is -1.99. The molecule has 0 heterocycles. The Kier molecular flexibility index (Phi) is 2.94. The monoisotopic (exact) mass is 209 g/mol. The van der Waals surface area contributed by atoms with Crippen LogP contribution < -0.4 is 5.73 Å². The van der Waals surface area contributed by atoms with Gasteiger partial charge in [0.25, 0.3) is 5.69 Å². The molecule has 0 radical (unpaired) electrons. The highest BCUT2D eigenvalue weighted by Gasteiger charge is 2.17. The third-order valence-corrected chi connectivity index (χ3v) is 2.49. The molecule has 0 saturated carbocycles. The molecule has 0 aliphatic rings. The Balaban J connectivity index is 3.44. The number of nitrogen functional groups attached to an aromatic ring is 1. The third kappa shape index (κ3) is 1.63. The van der Waals surface area contributed by atoms with Gasteiger partial charge >= 0.3 is 0 Å². The van der Waals surface area contributed by atoms with E-state index in [1.54, 1.807) is 6.26 Å². The summed E-state index contributed by atoms with van der Waals surface area (Å²) in [5.74, 6) is 0. The highest BCUT2D eigenvalue weighted by Crippen LogP contribution is 2.31. The number of anilines is 1. The Hall–Kier alpha value is -1.74. The summed E-state index contributed by atoms with van der Waals surface area (Å²) in [4.78, 5) is 10.6. The predicted molar refractivity (Wildman–Crippen MR) is 54.0 cm³/mol. The van der Waals surface area contributed by atoms with Crippen LogP contribution in [0.25, 0.3) is 0 Å². The van der Waals surface area contributed by atoms with Crippen molar-refractivity contribution in [3.8, 4) is 6.07 Å². The maximum atomic E-state index is 10.5. The largest absolute Gasteiger partial charge is 0.392 e. The van der Waals surface area contributed by atoms with Crippen LogP contribution in [0.1, 0.15) is 5.56 Å². The first kappa shape index (κ1) is 10.3. The predicted octanol–water partition coefficient (Wildman–Crippen LogP) is 1.77. The van der Waals surface area contributed by atoms with Crippen LogP contribution in [-0.2, 0) is 0 Å². The van der Waals surface area contributed by atoms with Crippen LogP contribution in [0.2, 0.25) is 0 Å². The minimum atomic E-state index is -0.597. The van der Waals surface area contributed by atoms with Gasteiger partial charge in [-0.1, -0.05) is 0 Å². The number of thioether (sulfide) groups is 1. The molecular formula is C8H7N3O2S. The van der Waals surface area contributed by atoms with Crippen molar-refractivity contribution in [1.29, 1.82) is 5.26 Å². The number of rotatable bonds is 2. The maximum Gasteiger partial charge on any atom is 0.293 e. The van der Waals surface area contributed by atoms with E-state index in [4.69, 9.17) is 11.0 Å². The number of nitro benzene ring substituents is 1. The molecule has 1 rings (SSSR count). The molecule has 0 saturated heterocycles. The normalized spacial score (nSPS) is 9.43. The van der Waals surface area contributed by atoms with Crippen molar-refractivity contribution >= 4 is 23.1 Å². The standard InChI is InChI=1S/C8H7N3O2S/c1-14-7-3-2-6(11(12)13)8(10)5(7)4-9/h2-3H,10H2,1H3. The van der Waals surface area contributed by atoms with Crippen LogP contribution in [-0.4, -0.2) is 11.2 Å². The molecule has 1 aromatic carbocycles. The molecule has 0 aromatic heterocycles. The van der Waals surface area contributed by atoms with Gasteiger partial charge in [0.2, 0.25) is 0 Å². The second-order valence-corrected chi connectivity index (χ2v) is 3.29. The third-order valence-electron chi connectivity index (χ3n) is 1.71. The highest BCUT2D eigenvalue weighted by molar-refractivity contribution is 7.98. The molecule has 0 bridgehead atoms. The van der Waals surface area contributed by atoms with Gasteiger partial charge in [-0.15, -0.1) is 11.8 Å². The number of nitriles is 1. The zero-order chi connectivity index (χ0) is 10.7. The lowest BCUT2D eigenvalue weighted by molar-refractivity contribution is -0.384. The SMILES string of the molecule is CSc1ccc([N+](=O)[O-])c(N)c1C#N. The van der Waals surface area contributed by atoms with Crippen molar-refractivity contribution in [2.75, 3.05) is 12.0 Å². The van der Waals surface area contributed by atoms with E-state index < -0.39 is 4.92 Å². The van der Waals surface area contributed by atoms with Crippen molar-refractivity contribution in [2.45, 2.75) is 4.90 Å². The van der Waals surface area contributed by atoms with Gasteiger partial charge in [-0.05, 0) is 12.3 Å². The summed E-state index contributed by atoms with van der Waals surface area (Å²) in [5.41, 5.74) is 5.38. The number of hydrogen-bond donors (Lipinski definition) is 1. The lowest BCUT2D eigenvalue weighted by atomic mass is 10.1. The average molecular weight is 209 g/mol. The molecule has 5 nitrogen and oxygen atoms in total. The number of nitrogens with zero attached hydrogens (tertiary/aromatic N) is 2. The molecule has 0 aliphatic heterocycles. The van der Waals surface area contributed by atoms with E-state index >= 15 is 0 Å². The Morgan fingerprint density at radius 2 is 2.29 bits per heavy atom. The summed E-state index contributed by atoms with van der Waals surface area (Å²) in [5, 5.41) is 19.3. The van der Waals surface area contributed by atoms with Crippen LogP contribution >= 0.6 is 11.8 Å². The number of nitrogens with two attached hydrogens (primary N) is 1. The summed E-state index contributed by atoms with van der Waals surface area (Å²) >= 11 is 1.33. The van der Waals surface area contributed by atoms with E-state index in [0.29, 0.717) is 4.90 Å². The van der Waals surface area contributed by atoms with Crippen molar-refractivity contribution < 1.29 is 4.92 Å². The van der Waals surface area contributed by atoms with Gasteiger partial charge in [-0.3, -0.25) is 10.1 Å². The van der Waals surface area contributed by atoms with Gasteiger partial charge in [0.1, 0.15) is 11.8 Å². The number of benzene rings is 1. The first-order chi connectivity index (χ1) is 6.61. The highest BCUT2D eigenvalue weighted by atomic mass is 32.2.